The number of hydrogen-bond acceptors (Lipinski definition) is 1. The molecule has 1 aromatic heterocycles. The number of aromatic nitrogens is 2. The standard InChI is InChI=1S/C22H16N2Se/c25-21-16-20(17-10-4-1-5-11-17)24(19-14-8-3-9-15-19)22(23-21)18-12-6-2-7-13-18/h1-16H. The fraction of sp³-hybridized carbons (Fsp3) is 0. The molecule has 0 aliphatic carbocycles. The minimum atomic E-state index is 0.880. The Labute approximate surface area is 154 Å². The van der Waals surface area contributed by atoms with Gasteiger partial charge in [-0.25, -0.2) is 0 Å². The van der Waals surface area contributed by atoms with Crippen LogP contribution in [0.5, 0.6) is 0 Å². The number of para-hydroxylation sites is 1. The summed E-state index contributed by atoms with van der Waals surface area (Å²) in [6.07, 6.45) is 0. The molecule has 0 aliphatic heterocycles. The third-order valence-corrected chi connectivity index (χ3v) is 4.48. The van der Waals surface area contributed by atoms with Crippen LogP contribution in [-0.2, 0) is 0 Å². The van der Waals surface area contributed by atoms with E-state index >= 15 is 0 Å². The quantitative estimate of drug-likeness (QED) is 0.457. The molecular weight excluding hydrogens is 371 g/mol. The van der Waals surface area contributed by atoms with Gasteiger partial charge in [-0.3, -0.25) is 0 Å². The van der Waals surface area contributed by atoms with Crippen LogP contribution in [0.3, 0.4) is 0 Å². The van der Waals surface area contributed by atoms with Crippen molar-refractivity contribution in [2.24, 2.45) is 0 Å². The van der Waals surface area contributed by atoms with Crippen molar-refractivity contribution < 1.29 is 0 Å². The van der Waals surface area contributed by atoms with Crippen LogP contribution in [0.4, 0.5) is 0 Å². The normalized spacial score (nSPS) is 10.6. The van der Waals surface area contributed by atoms with Crippen molar-refractivity contribution in [1.82, 2.24) is 9.55 Å². The molecule has 0 N–H and O–H groups in total. The first kappa shape index (κ1) is 15.8. The Morgan fingerprint density at radius 1 is 0.640 bits per heavy atom. The molecule has 4 rings (SSSR count). The van der Waals surface area contributed by atoms with Gasteiger partial charge in [0.1, 0.15) is 0 Å². The molecule has 25 heavy (non-hydrogen) atoms. The molecule has 0 aliphatic rings. The Balaban J connectivity index is 2.09. The molecule has 0 saturated heterocycles. The summed E-state index contributed by atoms with van der Waals surface area (Å²) in [6, 6.07) is 33.2. The number of nitrogens with zero attached hydrogens (tertiary/aromatic N) is 2. The predicted molar refractivity (Wildman–Crippen MR) is 103 cm³/mol. The van der Waals surface area contributed by atoms with Crippen LogP contribution in [0.25, 0.3) is 28.3 Å². The van der Waals surface area contributed by atoms with Gasteiger partial charge in [0.05, 0.1) is 0 Å². The Hall–Kier alpha value is -2.74. The van der Waals surface area contributed by atoms with Crippen LogP contribution in [0.2, 0.25) is 0 Å². The molecular formula is C22H16N2Se. The van der Waals surface area contributed by atoms with E-state index in [1.165, 1.54) is 0 Å². The molecule has 0 unspecified atom stereocenters. The zero-order valence-corrected chi connectivity index (χ0v) is 15.3. The molecule has 0 bridgehead atoms. The second-order valence-corrected chi connectivity index (χ2v) is 6.58. The van der Waals surface area contributed by atoms with Crippen molar-refractivity contribution in [1.29, 1.82) is 0 Å². The van der Waals surface area contributed by atoms with E-state index in [2.05, 4.69) is 86.9 Å². The second-order valence-electron chi connectivity index (χ2n) is 5.71. The third kappa shape index (κ3) is 3.25. The number of benzene rings is 3. The molecule has 0 fully saturated rings. The molecule has 2 nitrogen and oxygen atoms in total. The van der Waals surface area contributed by atoms with Crippen molar-refractivity contribution in [3.63, 3.8) is 0 Å². The molecule has 0 radical (unpaired) electrons. The summed E-state index contributed by atoms with van der Waals surface area (Å²) in [5.74, 6) is 0.918. The molecule has 3 heteroatoms. The van der Waals surface area contributed by atoms with Crippen molar-refractivity contribution in [3.8, 4) is 28.3 Å². The van der Waals surface area contributed by atoms with Crippen molar-refractivity contribution >= 4 is 15.6 Å². The van der Waals surface area contributed by atoms with Gasteiger partial charge in [-0.1, -0.05) is 0 Å². The summed E-state index contributed by atoms with van der Waals surface area (Å²) >= 11 is 3.08. The number of hydrogen-bond donors (Lipinski definition) is 0. The van der Waals surface area contributed by atoms with E-state index in [0.29, 0.717) is 0 Å². The molecule has 0 amide bonds. The van der Waals surface area contributed by atoms with E-state index in [4.69, 9.17) is 4.98 Å². The number of rotatable bonds is 3. The minimum absolute atomic E-state index is 0.880. The summed E-state index contributed by atoms with van der Waals surface area (Å²) in [7, 11) is 0. The first-order chi connectivity index (χ1) is 12.3. The molecule has 4 aromatic rings. The topological polar surface area (TPSA) is 17.8 Å². The van der Waals surface area contributed by atoms with Gasteiger partial charge in [0.2, 0.25) is 0 Å². The molecule has 0 saturated carbocycles. The van der Waals surface area contributed by atoms with E-state index in [0.717, 1.165) is 32.5 Å². The van der Waals surface area contributed by atoms with Crippen LogP contribution in [0.15, 0.2) is 97.1 Å². The third-order valence-electron chi connectivity index (χ3n) is 4.04. The van der Waals surface area contributed by atoms with E-state index in [-0.39, 0.29) is 0 Å². The maximum atomic E-state index is 4.81. The second kappa shape index (κ2) is 7.02. The van der Waals surface area contributed by atoms with Crippen molar-refractivity contribution in [2.45, 2.75) is 0 Å². The van der Waals surface area contributed by atoms with E-state index < -0.39 is 0 Å². The summed E-state index contributed by atoms with van der Waals surface area (Å²) in [5, 5.41) is 0. The van der Waals surface area contributed by atoms with Gasteiger partial charge in [-0.15, -0.1) is 0 Å². The van der Waals surface area contributed by atoms with Crippen LogP contribution in [0, 0.1) is 4.19 Å². The fourth-order valence-corrected chi connectivity index (χ4v) is 3.34. The van der Waals surface area contributed by atoms with Gasteiger partial charge in [0, 0.05) is 0 Å². The first-order valence-electron chi connectivity index (χ1n) is 8.13. The van der Waals surface area contributed by atoms with Crippen LogP contribution in [-0.4, -0.2) is 25.1 Å². The average Bonchev–Trinajstić information content (AvgIpc) is 2.69. The zero-order valence-electron chi connectivity index (χ0n) is 13.5. The molecule has 1 heterocycles. The summed E-state index contributed by atoms with van der Waals surface area (Å²) in [4.78, 5) is 4.81. The summed E-state index contributed by atoms with van der Waals surface area (Å²) in [5.41, 5.74) is 4.44. The van der Waals surface area contributed by atoms with Crippen molar-refractivity contribution in [2.75, 3.05) is 0 Å². The Morgan fingerprint density at radius 3 is 1.76 bits per heavy atom. The zero-order chi connectivity index (χ0) is 17.1. The molecule has 0 atom stereocenters. The van der Waals surface area contributed by atoms with Crippen LogP contribution >= 0.6 is 0 Å². The van der Waals surface area contributed by atoms with E-state index in [9.17, 15) is 0 Å². The van der Waals surface area contributed by atoms with Crippen LogP contribution < -0.4 is 0 Å². The first-order valence-corrected chi connectivity index (χ1v) is 8.99. The molecule has 3 aromatic carbocycles. The monoisotopic (exact) mass is 388 g/mol. The van der Waals surface area contributed by atoms with Gasteiger partial charge in [-0.05, 0) is 0 Å². The maximum absolute atomic E-state index is 4.81. The molecule has 0 spiro atoms. The Morgan fingerprint density at radius 2 is 1.16 bits per heavy atom. The van der Waals surface area contributed by atoms with E-state index in [1.54, 1.807) is 0 Å². The predicted octanol–water partition coefficient (Wildman–Crippen LogP) is 4.91. The molecule has 120 valence electrons. The van der Waals surface area contributed by atoms with Gasteiger partial charge in [-0.2, -0.15) is 0 Å². The average molecular weight is 387 g/mol. The Bertz CT molecular complexity index is 976. The van der Waals surface area contributed by atoms with Crippen LogP contribution in [0.1, 0.15) is 0 Å². The Kier molecular flexibility index (Phi) is 4.43. The van der Waals surface area contributed by atoms with Gasteiger partial charge < -0.3 is 0 Å². The van der Waals surface area contributed by atoms with Gasteiger partial charge >= 0.3 is 155 Å². The summed E-state index contributed by atoms with van der Waals surface area (Å²) < 4.78 is 3.09. The van der Waals surface area contributed by atoms with Gasteiger partial charge in [0.25, 0.3) is 0 Å². The fourth-order valence-electron chi connectivity index (χ4n) is 2.92. The SMILES string of the molecule is [Se]=c1cc(-c2ccccc2)n(-c2ccccc2)c(-c2ccccc2)n1. The van der Waals surface area contributed by atoms with Crippen molar-refractivity contribution in [3.05, 3.63) is 101 Å². The van der Waals surface area contributed by atoms with Gasteiger partial charge in [0.15, 0.2) is 0 Å². The van der Waals surface area contributed by atoms with E-state index in [1.807, 2.05) is 30.3 Å². The summed E-state index contributed by atoms with van der Waals surface area (Å²) in [6.45, 7) is 0.